The van der Waals surface area contributed by atoms with Crippen LogP contribution in [0.15, 0.2) is 24.3 Å². The number of halogens is 3. The van der Waals surface area contributed by atoms with E-state index in [-0.39, 0.29) is 30.6 Å². The van der Waals surface area contributed by atoms with Crippen LogP contribution < -0.4 is 5.32 Å². The normalized spacial score (nSPS) is 15.7. The summed E-state index contributed by atoms with van der Waals surface area (Å²) in [6.45, 7) is 1.77. The second kappa shape index (κ2) is 8.36. The van der Waals surface area contributed by atoms with Crippen LogP contribution in [0.2, 0.25) is 0 Å². The SMILES string of the molecule is CC(=O)N(CCC(=O)Nc1cccc(C(F)(F)F)c1)C1CCCCC1. The lowest BCUT2D eigenvalue weighted by Gasteiger charge is -2.33. The zero-order valence-electron chi connectivity index (χ0n) is 14.2. The third kappa shape index (κ3) is 5.76. The summed E-state index contributed by atoms with van der Waals surface area (Å²) in [5.41, 5.74) is -0.704. The number of nitrogens with zero attached hydrogens (tertiary/aromatic N) is 1. The molecule has 0 atom stereocenters. The largest absolute Gasteiger partial charge is 0.416 e. The van der Waals surface area contributed by atoms with Gasteiger partial charge in [-0.05, 0) is 31.0 Å². The van der Waals surface area contributed by atoms with Gasteiger partial charge in [-0.2, -0.15) is 13.2 Å². The molecule has 0 saturated heterocycles. The monoisotopic (exact) mass is 356 g/mol. The third-order valence-electron chi connectivity index (χ3n) is 4.47. The van der Waals surface area contributed by atoms with Gasteiger partial charge in [-0.3, -0.25) is 9.59 Å². The molecule has 0 radical (unpaired) electrons. The lowest BCUT2D eigenvalue weighted by atomic mass is 9.94. The van der Waals surface area contributed by atoms with E-state index >= 15 is 0 Å². The van der Waals surface area contributed by atoms with E-state index in [1.807, 2.05) is 0 Å². The fourth-order valence-corrected chi connectivity index (χ4v) is 3.21. The predicted octanol–water partition coefficient (Wildman–Crippen LogP) is 4.22. The molecule has 0 spiro atoms. The Bertz CT molecular complexity index is 611. The van der Waals surface area contributed by atoms with Crippen molar-refractivity contribution in [3.8, 4) is 0 Å². The third-order valence-corrected chi connectivity index (χ3v) is 4.47. The number of nitrogens with one attached hydrogen (secondary N) is 1. The van der Waals surface area contributed by atoms with E-state index in [2.05, 4.69) is 5.32 Å². The van der Waals surface area contributed by atoms with Gasteiger partial charge in [0.05, 0.1) is 5.56 Å². The Hall–Kier alpha value is -2.05. The molecular weight excluding hydrogens is 333 g/mol. The molecule has 0 heterocycles. The molecule has 1 aliphatic rings. The van der Waals surface area contributed by atoms with Gasteiger partial charge in [0.15, 0.2) is 0 Å². The zero-order valence-corrected chi connectivity index (χ0v) is 14.2. The van der Waals surface area contributed by atoms with Crippen molar-refractivity contribution in [1.29, 1.82) is 0 Å². The summed E-state index contributed by atoms with van der Waals surface area (Å²) in [6.07, 6.45) is 0.803. The highest BCUT2D eigenvalue weighted by atomic mass is 19.4. The Kier molecular flexibility index (Phi) is 6.45. The Morgan fingerprint density at radius 1 is 1.20 bits per heavy atom. The molecule has 2 amide bonds. The van der Waals surface area contributed by atoms with Crippen LogP contribution in [0.4, 0.5) is 18.9 Å². The first-order chi connectivity index (χ1) is 11.8. The van der Waals surface area contributed by atoms with Crippen LogP contribution in [0.25, 0.3) is 0 Å². The van der Waals surface area contributed by atoms with Gasteiger partial charge in [0, 0.05) is 31.6 Å². The second-order valence-electron chi connectivity index (χ2n) is 6.38. The molecule has 1 fully saturated rings. The number of hydrogen-bond donors (Lipinski definition) is 1. The van der Waals surface area contributed by atoms with Gasteiger partial charge >= 0.3 is 6.18 Å². The second-order valence-corrected chi connectivity index (χ2v) is 6.38. The number of carbonyl (C=O) groups excluding carboxylic acids is 2. The van der Waals surface area contributed by atoms with E-state index in [0.717, 1.165) is 44.2 Å². The molecule has 1 aromatic carbocycles. The standard InChI is InChI=1S/C18H23F3N2O2/c1-13(24)23(16-8-3-2-4-9-16)11-10-17(25)22-15-7-5-6-14(12-15)18(19,20)21/h5-7,12,16H,2-4,8-11H2,1H3,(H,22,25). The molecule has 0 unspecified atom stereocenters. The minimum atomic E-state index is -4.45. The van der Waals surface area contributed by atoms with Crippen LogP contribution in [0, 0.1) is 0 Å². The van der Waals surface area contributed by atoms with Gasteiger partial charge in [-0.25, -0.2) is 0 Å². The van der Waals surface area contributed by atoms with Crippen LogP contribution in [-0.4, -0.2) is 29.3 Å². The molecule has 1 aliphatic carbocycles. The fourth-order valence-electron chi connectivity index (χ4n) is 3.21. The van der Waals surface area contributed by atoms with Crippen LogP contribution in [0.5, 0.6) is 0 Å². The van der Waals surface area contributed by atoms with E-state index in [1.54, 1.807) is 4.90 Å². The van der Waals surface area contributed by atoms with Crippen LogP contribution in [0.1, 0.15) is 51.0 Å². The first-order valence-corrected chi connectivity index (χ1v) is 8.51. The summed E-state index contributed by atoms with van der Waals surface area (Å²) < 4.78 is 38.1. The highest BCUT2D eigenvalue weighted by Crippen LogP contribution is 2.30. The smallest absolute Gasteiger partial charge is 0.339 e. The molecule has 1 N–H and O–H groups in total. The summed E-state index contributed by atoms with van der Waals surface area (Å²) in [4.78, 5) is 25.6. The number of anilines is 1. The lowest BCUT2D eigenvalue weighted by Crippen LogP contribution is -2.41. The molecule has 1 aromatic rings. The van der Waals surface area contributed by atoms with Gasteiger partial charge in [-0.15, -0.1) is 0 Å². The fraction of sp³-hybridized carbons (Fsp3) is 0.556. The number of carbonyl (C=O) groups is 2. The average Bonchev–Trinajstić information content (AvgIpc) is 2.55. The van der Waals surface area contributed by atoms with Gasteiger partial charge in [0.2, 0.25) is 11.8 Å². The minimum absolute atomic E-state index is 0.0618. The van der Waals surface area contributed by atoms with E-state index in [1.165, 1.54) is 19.1 Å². The maximum absolute atomic E-state index is 12.7. The number of amides is 2. The quantitative estimate of drug-likeness (QED) is 0.859. The maximum atomic E-state index is 12.7. The van der Waals surface area contributed by atoms with Crippen molar-refractivity contribution in [3.63, 3.8) is 0 Å². The summed E-state index contributed by atoms with van der Waals surface area (Å²) in [5, 5.41) is 2.47. The van der Waals surface area contributed by atoms with Crippen LogP contribution >= 0.6 is 0 Å². The summed E-state index contributed by atoms with van der Waals surface area (Å²) in [7, 11) is 0. The number of rotatable bonds is 5. The van der Waals surface area contributed by atoms with Crippen molar-refractivity contribution in [2.75, 3.05) is 11.9 Å². The Morgan fingerprint density at radius 2 is 1.88 bits per heavy atom. The molecule has 138 valence electrons. The molecule has 7 heteroatoms. The maximum Gasteiger partial charge on any atom is 0.416 e. The molecule has 25 heavy (non-hydrogen) atoms. The van der Waals surface area contributed by atoms with Gasteiger partial charge in [0.1, 0.15) is 0 Å². The molecular formula is C18H23F3N2O2. The topological polar surface area (TPSA) is 49.4 Å². The zero-order chi connectivity index (χ0) is 18.4. The van der Waals surface area contributed by atoms with E-state index in [0.29, 0.717) is 0 Å². The van der Waals surface area contributed by atoms with Crippen molar-refractivity contribution in [2.45, 2.75) is 57.7 Å². The Labute approximate surface area is 145 Å². The Morgan fingerprint density at radius 3 is 2.48 bits per heavy atom. The highest BCUT2D eigenvalue weighted by Gasteiger charge is 2.30. The molecule has 0 aromatic heterocycles. The van der Waals surface area contributed by atoms with E-state index < -0.39 is 17.6 Å². The summed E-state index contributed by atoms with van der Waals surface area (Å²) in [6, 6.07) is 4.68. The van der Waals surface area contributed by atoms with Crippen molar-refractivity contribution in [1.82, 2.24) is 4.90 Å². The predicted molar refractivity (Wildman–Crippen MR) is 89.0 cm³/mol. The summed E-state index contributed by atoms with van der Waals surface area (Å²) >= 11 is 0. The van der Waals surface area contributed by atoms with Crippen LogP contribution in [-0.2, 0) is 15.8 Å². The first-order valence-electron chi connectivity index (χ1n) is 8.51. The average molecular weight is 356 g/mol. The van der Waals surface area contributed by atoms with Gasteiger partial charge in [-0.1, -0.05) is 25.3 Å². The van der Waals surface area contributed by atoms with Crippen molar-refractivity contribution in [3.05, 3.63) is 29.8 Å². The molecule has 4 nitrogen and oxygen atoms in total. The molecule has 2 rings (SSSR count). The van der Waals surface area contributed by atoms with Crippen LogP contribution in [0.3, 0.4) is 0 Å². The van der Waals surface area contributed by atoms with Gasteiger partial charge < -0.3 is 10.2 Å². The van der Waals surface area contributed by atoms with E-state index in [4.69, 9.17) is 0 Å². The lowest BCUT2D eigenvalue weighted by molar-refractivity contribution is -0.137. The number of hydrogen-bond acceptors (Lipinski definition) is 2. The van der Waals surface area contributed by atoms with Crippen molar-refractivity contribution in [2.24, 2.45) is 0 Å². The van der Waals surface area contributed by atoms with E-state index in [9.17, 15) is 22.8 Å². The number of alkyl halides is 3. The Balaban J connectivity index is 1.92. The van der Waals surface area contributed by atoms with Crippen molar-refractivity contribution >= 4 is 17.5 Å². The molecule has 0 bridgehead atoms. The van der Waals surface area contributed by atoms with Crippen molar-refractivity contribution < 1.29 is 22.8 Å². The van der Waals surface area contributed by atoms with Gasteiger partial charge in [0.25, 0.3) is 0 Å². The number of benzene rings is 1. The molecule has 1 saturated carbocycles. The summed E-state index contributed by atoms with van der Waals surface area (Å²) in [5.74, 6) is -0.472. The highest BCUT2D eigenvalue weighted by molar-refractivity contribution is 5.91. The molecule has 0 aliphatic heterocycles. The minimum Gasteiger partial charge on any atom is -0.339 e. The first kappa shape index (κ1) is 19.3.